The Balaban J connectivity index is 2.21. The second kappa shape index (κ2) is 5.87. The molecule has 5 heteroatoms. The molecule has 2 rings (SSSR count). The van der Waals surface area contributed by atoms with Crippen molar-refractivity contribution in [1.29, 1.82) is 0 Å². The summed E-state index contributed by atoms with van der Waals surface area (Å²) in [5, 5.41) is 1.51. The fourth-order valence-electron chi connectivity index (χ4n) is 2.54. The monoisotopic (exact) mass is 192 g/mol. The van der Waals surface area contributed by atoms with E-state index in [0.29, 0.717) is 0 Å². The number of rotatable bonds is 1. The van der Waals surface area contributed by atoms with Crippen molar-refractivity contribution >= 4 is 40.7 Å². The van der Waals surface area contributed by atoms with E-state index in [1.165, 1.54) is 57.4 Å². The molecule has 0 aliphatic heterocycles. The summed E-state index contributed by atoms with van der Waals surface area (Å²) in [5.41, 5.74) is 3.25. The van der Waals surface area contributed by atoms with E-state index in [1.54, 1.807) is 10.9 Å². The van der Waals surface area contributed by atoms with Gasteiger partial charge in [-0.15, -0.1) is 0 Å². The molecule has 72 valence electrons. The van der Waals surface area contributed by atoms with Gasteiger partial charge in [-0.2, -0.15) is 0 Å². The Kier molecular flexibility index (Phi) is 4.47. The molecule has 0 amide bonds. The summed E-state index contributed by atoms with van der Waals surface area (Å²) in [6.07, 6.45) is 9.68. The van der Waals surface area contributed by atoms with Crippen LogP contribution < -0.4 is 5.25 Å². The molecule has 1 aliphatic rings. The van der Waals surface area contributed by atoms with Gasteiger partial charge in [0.15, 0.2) is 0 Å². The fraction of sp³-hybridized carbons (Fsp3) is 0.700. The van der Waals surface area contributed by atoms with Crippen molar-refractivity contribution in [2.75, 3.05) is 0 Å². The molecule has 1 aromatic heterocycles. The first-order chi connectivity index (χ1) is 7.40. The van der Waals surface area contributed by atoms with Gasteiger partial charge in [0.2, 0.25) is 0 Å². The van der Waals surface area contributed by atoms with Gasteiger partial charge in [-0.1, -0.05) is 0 Å². The molecule has 0 fully saturated rings. The van der Waals surface area contributed by atoms with Crippen LogP contribution >= 0.6 is 0 Å². The zero-order chi connectivity index (χ0) is 10.5. The molecule has 0 saturated heterocycles. The topological polar surface area (TPSA) is 0 Å². The summed E-state index contributed by atoms with van der Waals surface area (Å²) in [7, 11) is 3.42. The summed E-state index contributed by atoms with van der Waals surface area (Å²) in [4.78, 5) is 0. The Morgan fingerprint density at radius 3 is 2.27 bits per heavy atom. The van der Waals surface area contributed by atoms with Gasteiger partial charge >= 0.3 is 96.5 Å². The van der Waals surface area contributed by atoms with Crippen LogP contribution in [-0.2, 0) is 12.8 Å². The first-order valence-electron chi connectivity index (χ1n) is 6.51. The van der Waals surface area contributed by atoms with Gasteiger partial charge in [0.1, 0.15) is 0 Å². The maximum atomic E-state index is 2.45. The van der Waals surface area contributed by atoms with Crippen LogP contribution in [0.3, 0.4) is 0 Å². The van der Waals surface area contributed by atoms with Crippen molar-refractivity contribution in [1.82, 2.24) is 0 Å². The summed E-state index contributed by atoms with van der Waals surface area (Å²) in [6, 6.07) is 0. The predicted octanol–water partition coefficient (Wildman–Crippen LogP) is -0.640. The molecule has 0 atom stereocenters. The molecule has 0 aromatic carbocycles. The van der Waals surface area contributed by atoms with E-state index in [-0.39, 0.29) is 0 Å². The van der Waals surface area contributed by atoms with E-state index in [4.69, 9.17) is 0 Å². The first-order valence-corrected chi connectivity index (χ1v) is 6.51. The van der Waals surface area contributed by atoms with Crippen LogP contribution in [0.5, 0.6) is 0 Å². The molecule has 15 heavy (non-hydrogen) atoms. The maximum absolute atomic E-state index is 2.45. The van der Waals surface area contributed by atoms with Gasteiger partial charge in [0.05, 0.1) is 0 Å². The van der Waals surface area contributed by atoms with Crippen LogP contribution in [0.2, 0.25) is 0 Å². The van der Waals surface area contributed by atoms with Gasteiger partial charge < -0.3 is 0 Å². The summed E-state index contributed by atoms with van der Waals surface area (Å²) in [5.74, 6) is 0. The fourth-order valence-corrected chi connectivity index (χ4v) is 2.54. The van der Waals surface area contributed by atoms with Gasteiger partial charge in [-0.25, -0.2) is 0 Å². The summed E-state index contributed by atoms with van der Waals surface area (Å²) in [6.45, 7) is 7.14. The van der Waals surface area contributed by atoms with Crippen molar-refractivity contribution in [2.45, 2.75) is 44.9 Å². The minimum absolute atomic E-state index is 1.17. The van der Waals surface area contributed by atoms with Crippen LogP contribution in [0.15, 0.2) is 0 Å². The van der Waals surface area contributed by atoms with Crippen molar-refractivity contribution < 1.29 is 0 Å². The van der Waals surface area contributed by atoms with Gasteiger partial charge in [0, 0.05) is 0 Å². The van der Waals surface area contributed by atoms with E-state index in [1.807, 2.05) is 0 Å². The quantitative estimate of drug-likeness (QED) is 0.518. The predicted molar refractivity (Wildman–Crippen MR) is 76.3 cm³/mol. The third-order valence-electron chi connectivity index (χ3n) is 3.57. The van der Waals surface area contributed by atoms with E-state index in [2.05, 4.69) is 28.2 Å². The van der Waals surface area contributed by atoms with E-state index < -0.39 is 0 Å². The van der Waals surface area contributed by atoms with E-state index >= 15 is 0 Å². The third-order valence-corrected chi connectivity index (χ3v) is 3.57. The number of aryl methyl sites for hydroxylation is 2. The van der Waals surface area contributed by atoms with Crippen molar-refractivity contribution in [3.63, 3.8) is 0 Å². The standard InChI is InChI=1S/C10H17B5/c11-13-10-12-8-6-4-2-1-3-5-7-9(8)14-15-10/h13H,1-7,11H2. The Morgan fingerprint density at radius 2 is 1.53 bits per heavy atom. The minimum atomic E-state index is 1.17. The molecule has 0 saturated carbocycles. The number of fused-ring (bicyclic) bond motifs is 1. The average Bonchev–Trinajstić information content (AvgIpc) is 2.39. The molecular weight excluding hydrogens is 174 g/mol. The summed E-state index contributed by atoms with van der Waals surface area (Å²) < 4.78 is 0. The van der Waals surface area contributed by atoms with Crippen molar-refractivity contribution in [3.05, 3.63) is 10.9 Å². The summed E-state index contributed by atoms with van der Waals surface area (Å²) >= 11 is 0. The van der Waals surface area contributed by atoms with E-state index in [9.17, 15) is 0 Å². The molecule has 0 radical (unpaired) electrons. The average molecular weight is 191 g/mol. The second-order valence-electron chi connectivity index (χ2n) is 4.72. The molecule has 0 unspecified atom stereocenters. The van der Waals surface area contributed by atoms with E-state index in [0.717, 1.165) is 0 Å². The van der Waals surface area contributed by atoms with Crippen molar-refractivity contribution in [2.24, 2.45) is 0 Å². The van der Waals surface area contributed by atoms with Gasteiger partial charge in [-0.3, -0.25) is 0 Å². The second-order valence-corrected chi connectivity index (χ2v) is 4.72. The van der Waals surface area contributed by atoms with Crippen LogP contribution in [0.25, 0.3) is 0 Å². The van der Waals surface area contributed by atoms with Crippen LogP contribution in [0, 0.1) is 0 Å². The van der Waals surface area contributed by atoms with Crippen LogP contribution in [-0.4, -0.2) is 35.4 Å². The van der Waals surface area contributed by atoms with Crippen LogP contribution in [0.1, 0.15) is 43.0 Å². The molecule has 0 nitrogen and oxygen atoms in total. The Morgan fingerprint density at radius 1 is 0.867 bits per heavy atom. The molecule has 0 N–H and O–H groups in total. The number of hydrogen-bond donors (Lipinski definition) is 0. The molecule has 1 heterocycles. The Hall–Kier alpha value is -0.0653. The van der Waals surface area contributed by atoms with Gasteiger partial charge in [-0.05, 0) is 0 Å². The third kappa shape index (κ3) is 3.19. The zero-order valence-electron chi connectivity index (χ0n) is 9.89. The SMILES string of the molecule is BBc1bbc2c(b1)CCCCCCC2. The Bertz CT molecular complexity index is 326. The van der Waals surface area contributed by atoms with Gasteiger partial charge in [0.25, 0.3) is 0 Å². The molecule has 1 aromatic rings. The molecule has 0 bridgehead atoms. The van der Waals surface area contributed by atoms with Crippen molar-refractivity contribution in [3.8, 4) is 0 Å². The Labute approximate surface area is 96.9 Å². The zero-order valence-corrected chi connectivity index (χ0v) is 9.89. The van der Waals surface area contributed by atoms with Crippen LogP contribution in [0.4, 0.5) is 0 Å². The molecular formula is C10H17B5. The first kappa shape index (κ1) is 11.4. The molecule has 1 aliphatic carbocycles. The normalized spacial score (nSPS) is 16.3. The molecule has 0 spiro atoms. The number of hydrogen-bond acceptors (Lipinski definition) is 0.